The summed E-state index contributed by atoms with van der Waals surface area (Å²) in [6.07, 6.45) is 1.70. The van der Waals surface area contributed by atoms with Gasteiger partial charge in [0.15, 0.2) is 11.8 Å². The molecule has 3 rings (SSSR count). The smallest absolute Gasteiger partial charge is 0.242 e. The van der Waals surface area contributed by atoms with Gasteiger partial charge in [-0.1, -0.05) is 18.2 Å². The number of nitrogens with zero attached hydrogens (tertiary/aromatic N) is 6. The predicted molar refractivity (Wildman–Crippen MR) is 125 cm³/mol. The number of amides is 1. The average Bonchev–Trinajstić information content (AvgIpc) is 3.10. The van der Waals surface area contributed by atoms with Gasteiger partial charge in [0.1, 0.15) is 6.33 Å². The minimum Gasteiger partial charge on any atom is -0.349 e. The number of aliphatic imine (C=N–C) groups is 1. The second-order valence-electron chi connectivity index (χ2n) is 7.88. The number of hydrogen-bond donors (Lipinski definition) is 1. The number of aromatic nitrogens is 3. The van der Waals surface area contributed by atoms with Crippen LogP contribution in [0, 0.1) is 0 Å². The molecule has 0 saturated carbocycles. The molecule has 8 nitrogen and oxygen atoms in total. The summed E-state index contributed by atoms with van der Waals surface area (Å²) in [6.45, 7) is 9.78. The maximum atomic E-state index is 12.7. The molecule has 2 heterocycles. The van der Waals surface area contributed by atoms with E-state index in [1.54, 1.807) is 13.4 Å². The van der Waals surface area contributed by atoms with Gasteiger partial charge >= 0.3 is 0 Å². The van der Waals surface area contributed by atoms with Crippen LogP contribution in [-0.4, -0.2) is 68.1 Å². The van der Waals surface area contributed by atoms with E-state index in [2.05, 4.69) is 48.2 Å². The molecule has 0 spiro atoms. The monoisotopic (exact) mass is 511 g/mol. The summed E-state index contributed by atoms with van der Waals surface area (Å²) in [5, 5.41) is 11.6. The van der Waals surface area contributed by atoms with Gasteiger partial charge in [0.05, 0.1) is 18.6 Å². The van der Waals surface area contributed by atoms with E-state index in [9.17, 15) is 4.79 Å². The molecular weight excluding hydrogens is 481 g/mol. The van der Waals surface area contributed by atoms with Gasteiger partial charge in [0.25, 0.3) is 0 Å². The Hall–Kier alpha value is -2.17. The number of hydrogen-bond acceptors (Lipinski definition) is 4. The molecule has 1 N–H and O–H groups in total. The highest BCUT2D eigenvalue weighted by Gasteiger charge is 2.40. The fourth-order valence-corrected chi connectivity index (χ4v) is 3.99. The molecule has 0 bridgehead atoms. The fourth-order valence-electron chi connectivity index (χ4n) is 3.99. The summed E-state index contributed by atoms with van der Waals surface area (Å²) in [4.78, 5) is 21.1. The van der Waals surface area contributed by atoms with Crippen molar-refractivity contribution >= 4 is 35.8 Å². The lowest BCUT2D eigenvalue weighted by Gasteiger charge is -2.49. The van der Waals surface area contributed by atoms with Crippen LogP contribution in [0.15, 0.2) is 41.7 Å². The molecule has 9 heteroatoms. The molecule has 0 atom stereocenters. The molecule has 1 aliphatic heterocycles. The number of piperazine rings is 1. The van der Waals surface area contributed by atoms with E-state index in [0.29, 0.717) is 25.6 Å². The molecule has 1 aromatic carbocycles. The van der Waals surface area contributed by atoms with Crippen LogP contribution < -0.4 is 5.32 Å². The minimum absolute atomic E-state index is 0. The zero-order chi connectivity index (χ0) is 20.3. The molecule has 1 amide bonds. The van der Waals surface area contributed by atoms with Crippen molar-refractivity contribution in [3.63, 3.8) is 0 Å². The maximum absolute atomic E-state index is 12.7. The minimum atomic E-state index is -0.273. The number of halogens is 1. The van der Waals surface area contributed by atoms with E-state index >= 15 is 0 Å². The molecule has 1 aliphatic rings. The molecule has 158 valence electrons. The second kappa shape index (κ2) is 9.55. The van der Waals surface area contributed by atoms with E-state index < -0.39 is 0 Å². The van der Waals surface area contributed by atoms with Crippen LogP contribution in [0.25, 0.3) is 5.69 Å². The Morgan fingerprint density at radius 1 is 1.28 bits per heavy atom. The third kappa shape index (κ3) is 5.06. The van der Waals surface area contributed by atoms with Crippen molar-refractivity contribution in [2.24, 2.45) is 4.99 Å². The predicted octanol–water partition coefficient (Wildman–Crippen LogP) is 2.29. The van der Waals surface area contributed by atoms with Crippen molar-refractivity contribution in [1.82, 2.24) is 29.9 Å². The Bertz CT molecular complexity index is 848. The number of para-hydroxylation sites is 1. The number of benzene rings is 1. The van der Waals surface area contributed by atoms with Crippen LogP contribution in [0.1, 0.15) is 33.5 Å². The quantitative estimate of drug-likeness (QED) is 0.387. The summed E-state index contributed by atoms with van der Waals surface area (Å²) >= 11 is 0. The van der Waals surface area contributed by atoms with Crippen molar-refractivity contribution < 1.29 is 4.79 Å². The van der Waals surface area contributed by atoms with E-state index in [1.165, 1.54) is 0 Å². The number of carbonyl (C=O) groups is 1. The molecule has 29 heavy (non-hydrogen) atoms. The highest BCUT2D eigenvalue weighted by atomic mass is 127. The second-order valence-corrected chi connectivity index (χ2v) is 7.88. The number of nitrogens with one attached hydrogen (secondary N) is 1. The van der Waals surface area contributed by atoms with Gasteiger partial charge in [-0.05, 0) is 39.8 Å². The summed E-state index contributed by atoms with van der Waals surface area (Å²) in [7, 11) is 1.73. The molecule has 0 radical (unpaired) electrons. The van der Waals surface area contributed by atoms with Gasteiger partial charge in [-0.25, -0.2) is 0 Å². The van der Waals surface area contributed by atoms with Gasteiger partial charge < -0.3 is 15.1 Å². The third-order valence-electron chi connectivity index (χ3n) is 4.91. The Labute approximate surface area is 189 Å². The van der Waals surface area contributed by atoms with Gasteiger partial charge in [-0.15, -0.1) is 34.2 Å². The lowest BCUT2D eigenvalue weighted by molar-refractivity contribution is -0.145. The first kappa shape index (κ1) is 23.1. The lowest BCUT2D eigenvalue weighted by atomic mass is 9.96. The number of guanidine groups is 1. The molecule has 0 aliphatic carbocycles. The fraction of sp³-hybridized carbons (Fsp3) is 0.500. The molecule has 1 aromatic heterocycles. The highest BCUT2D eigenvalue weighted by molar-refractivity contribution is 14.0. The van der Waals surface area contributed by atoms with Crippen molar-refractivity contribution in [3.8, 4) is 5.69 Å². The summed E-state index contributed by atoms with van der Waals surface area (Å²) in [6, 6.07) is 10.1. The Morgan fingerprint density at radius 3 is 2.55 bits per heavy atom. The van der Waals surface area contributed by atoms with E-state index in [1.807, 2.05) is 44.7 Å². The van der Waals surface area contributed by atoms with Gasteiger partial charge in [0.2, 0.25) is 5.91 Å². The first-order valence-corrected chi connectivity index (χ1v) is 9.55. The first-order valence-electron chi connectivity index (χ1n) is 9.55. The normalized spacial score (nSPS) is 16.8. The summed E-state index contributed by atoms with van der Waals surface area (Å²) < 4.78 is 1.94. The molecule has 1 saturated heterocycles. The van der Waals surface area contributed by atoms with Crippen molar-refractivity contribution in [2.45, 2.75) is 45.8 Å². The molecule has 1 fully saturated rings. The Morgan fingerprint density at radius 2 is 1.97 bits per heavy atom. The molecular formula is C20H30IN7O. The number of rotatable bonds is 4. The first-order chi connectivity index (χ1) is 13.3. The third-order valence-corrected chi connectivity index (χ3v) is 4.91. The van der Waals surface area contributed by atoms with Crippen molar-refractivity contribution in [3.05, 3.63) is 42.5 Å². The van der Waals surface area contributed by atoms with Crippen LogP contribution >= 0.6 is 24.0 Å². The highest BCUT2D eigenvalue weighted by Crippen LogP contribution is 2.24. The number of carbonyl (C=O) groups excluding carboxylic acids is 1. The zero-order valence-electron chi connectivity index (χ0n) is 17.7. The average molecular weight is 511 g/mol. The van der Waals surface area contributed by atoms with E-state index in [-0.39, 0.29) is 41.5 Å². The van der Waals surface area contributed by atoms with Crippen molar-refractivity contribution in [1.29, 1.82) is 0 Å². The van der Waals surface area contributed by atoms with Crippen LogP contribution in [0.5, 0.6) is 0 Å². The van der Waals surface area contributed by atoms with E-state index in [0.717, 1.165) is 11.5 Å². The van der Waals surface area contributed by atoms with Crippen LogP contribution in [0.3, 0.4) is 0 Å². The van der Waals surface area contributed by atoms with Crippen LogP contribution in [0.2, 0.25) is 0 Å². The van der Waals surface area contributed by atoms with Crippen LogP contribution in [-0.2, 0) is 11.3 Å². The summed E-state index contributed by atoms with van der Waals surface area (Å²) in [5.74, 6) is 1.58. The molecule has 2 aromatic rings. The van der Waals surface area contributed by atoms with Crippen molar-refractivity contribution in [2.75, 3.05) is 20.1 Å². The SMILES string of the molecule is CN=C(NCc1nncn1-c1ccccc1)N1CC(=O)N(C(C)C)C(C)(C)C1.I. The van der Waals surface area contributed by atoms with Gasteiger partial charge in [-0.2, -0.15) is 0 Å². The molecule has 0 unspecified atom stereocenters. The lowest BCUT2D eigenvalue weighted by Crippen LogP contribution is -2.66. The topological polar surface area (TPSA) is 78.6 Å². The largest absolute Gasteiger partial charge is 0.349 e. The maximum Gasteiger partial charge on any atom is 0.242 e. The Kier molecular flexibility index (Phi) is 7.61. The van der Waals surface area contributed by atoms with Crippen LogP contribution in [0.4, 0.5) is 0 Å². The Balaban J connectivity index is 0.00000300. The van der Waals surface area contributed by atoms with Gasteiger partial charge in [-0.3, -0.25) is 14.4 Å². The van der Waals surface area contributed by atoms with Gasteiger partial charge in [0, 0.05) is 25.3 Å². The van der Waals surface area contributed by atoms with E-state index in [4.69, 9.17) is 0 Å². The standard InChI is InChI=1S/C20H29N7O.HI/c1-15(2)27-18(28)12-25(13-20(27,3)4)19(21-5)22-11-17-24-23-14-26(17)16-9-7-6-8-10-16;/h6-10,14-15H,11-13H2,1-5H3,(H,21,22);1H. The zero-order valence-corrected chi connectivity index (χ0v) is 20.0. The summed E-state index contributed by atoms with van der Waals surface area (Å²) in [5.41, 5.74) is 0.728.